The van der Waals surface area contributed by atoms with Gasteiger partial charge in [0.1, 0.15) is 10.7 Å². The van der Waals surface area contributed by atoms with Crippen LogP contribution in [-0.4, -0.2) is 37.7 Å². The van der Waals surface area contributed by atoms with Crippen molar-refractivity contribution in [1.82, 2.24) is 15.3 Å². The molecule has 2 rings (SSSR count). The molecule has 0 aromatic carbocycles. The molecule has 1 aliphatic heterocycles. The van der Waals surface area contributed by atoms with Gasteiger partial charge in [-0.25, -0.2) is 18.4 Å². The van der Waals surface area contributed by atoms with Crippen molar-refractivity contribution in [2.45, 2.75) is 50.3 Å². The average molecular weight is 311 g/mol. The molecule has 0 radical (unpaired) electrons. The summed E-state index contributed by atoms with van der Waals surface area (Å²) in [6.45, 7) is 6.12. The van der Waals surface area contributed by atoms with Gasteiger partial charge in [-0.05, 0) is 31.7 Å². The molecule has 2 heterocycles. The molecule has 0 aliphatic carbocycles. The largest absolute Gasteiger partial charge is 0.316 e. The first-order valence-electron chi connectivity index (χ1n) is 7.64. The van der Waals surface area contributed by atoms with Gasteiger partial charge in [0.15, 0.2) is 9.84 Å². The van der Waals surface area contributed by atoms with Crippen LogP contribution in [0.1, 0.15) is 50.5 Å². The Morgan fingerprint density at radius 2 is 2.19 bits per heavy atom. The number of rotatable bonds is 5. The van der Waals surface area contributed by atoms with E-state index < -0.39 is 9.84 Å². The molecule has 1 saturated heterocycles. The van der Waals surface area contributed by atoms with E-state index in [4.69, 9.17) is 0 Å². The summed E-state index contributed by atoms with van der Waals surface area (Å²) in [5.74, 6) is 1.52. The monoisotopic (exact) mass is 311 g/mol. The van der Waals surface area contributed by atoms with Crippen LogP contribution < -0.4 is 5.32 Å². The zero-order chi connectivity index (χ0) is 15.5. The van der Waals surface area contributed by atoms with Crippen molar-refractivity contribution in [1.29, 1.82) is 0 Å². The second-order valence-corrected chi connectivity index (χ2v) is 8.27. The minimum atomic E-state index is -3.28. The Morgan fingerprint density at radius 3 is 2.76 bits per heavy atom. The number of nitrogens with one attached hydrogen (secondary N) is 1. The minimum absolute atomic E-state index is 0.171. The molecule has 0 spiro atoms. The Balaban J connectivity index is 2.33. The normalized spacial score (nSPS) is 19.9. The molecule has 1 aliphatic rings. The molecule has 1 aromatic rings. The maximum Gasteiger partial charge on any atom is 0.178 e. The lowest BCUT2D eigenvalue weighted by atomic mass is 9.96. The van der Waals surface area contributed by atoms with Crippen LogP contribution in [0, 0.1) is 5.92 Å². The van der Waals surface area contributed by atoms with E-state index in [2.05, 4.69) is 29.1 Å². The van der Waals surface area contributed by atoms with Gasteiger partial charge >= 0.3 is 0 Å². The van der Waals surface area contributed by atoms with Crippen molar-refractivity contribution in [3.8, 4) is 0 Å². The van der Waals surface area contributed by atoms with Crippen molar-refractivity contribution in [2.24, 2.45) is 5.92 Å². The van der Waals surface area contributed by atoms with E-state index in [1.807, 2.05) is 0 Å². The molecule has 6 heteroatoms. The molecule has 118 valence electrons. The third-order valence-electron chi connectivity index (χ3n) is 3.86. The first-order valence-corrected chi connectivity index (χ1v) is 9.53. The number of hydrogen-bond donors (Lipinski definition) is 1. The summed E-state index contributed by atoms with van der Waals surface area (Å²) in [6, 6.07) is 0. The predicted octanol–water partition coefficient (Wildman–Crippen LogP) is 1.94. The van der Waals surface area contributed by atoms with Gasteiger partial charge in [0.25, 0.3) is 0 Å². The van der Waals surface area contributed by atoms with Crippen LogP contribution in [-0.2, 0) is 16.3 Å². The average Bonchev–Trinajstić information content (AvgIpc) is 2.44. The highest BCUT2D eigenvalue weighted by Crippen LogP contribution is 2.27. The lowest BCUT2D eigenvalue weighted by Gasteiger charge is -2.24. The number of hydrogen-bond acceptors (Lipinski definition) is 5. The van der Waals surface area contributed by atoms with E-state index in [0.29, 0.717) is 16.5 Å². The van der Waals surface area contributed by atoms with Crippen LogP contribution >= 0.6 is 0 Å². The van der Waals surface area contributed by atoms with Crippen molar-refractivity contribution in [2.75, 3.05) is 19.3 Å². The molecule has 0 amide bonds. The summed E-state index contributed by atoms with van der Waals surface area (Å²) in [5, 5.41) is 3.33. The summed E-state index contributed by atoms with van der Waals surface area (Å²) in [7, 11) is -3.28. The molecule has 0 saturated carbocycles. The maximum absolute atomic E-state index is 12.0. The van der Waals surface area contributed by atoms with Gasteiger partial charge in [-0.2, -0.15) is 0 Å². The third-order valence-corrected chi connectivity index (χ3v) is 4.97. The molecule has 0 bridgehead atoms. The van der Waals surface area contributed by atoms with E-state index in [-0.39, 0.29) is 5.92 Å². The maximum atomic E-state index is 12.0. The fourth-order valence-corrected chi connectivity index (χ4v) is 3.46. The molecule has 1 unspecified atom stereocenters. The topological polar surface area (TPSA) is 72.0 Å². The number of aryl methyl sites for hydroxylation is 1. The zero-order valence-electron chi connectivity index (χ0n) is 13.1. The molecule has 21 heavy (non-hydrogen) atoms. The number of piperidine rings is 1. The smallest absolute Gasteiger partial charge is 0.178 e. The first kappa shape index (κ1) is 16.4. The van der Waals surface area contributed by atoms with Gasteiger partial charge in [-0.1, -0.05) is 13.8 Å². The van der Waals surface area contributed by atoms with Crippen molar-refractivity contribution in [3.63, 3.8) is 0 Å². The highest BCUT2D eigenvalue weighted by atomic mass is 32.2. The molecular weight excluding hydrogens is 286 g/mol. The van der Waals surface area contributed by atoms with Gasteiger partial charge in [0.05, 0.1) is 5.69 Å². The summed E-state index contributed by atoms with van der Waals surface area (Å²) >= 11 is 0. The first-order chi connectivity index (χ1) is 9.88. The highest BCUT2D eigenvalue weighted by molar-refractivity contribution is 7.90. The predicted molar refractivity (Wildman–Crippen MR) is 83.1 cm³/mol. The van der Waals surface area contributed by atoms with Gasteiger partial charge in [-0.3, -0.25) is 0 Å². The molecule has 5 nitrogen and oxygen atoms in total. The van der Waals surface area contributed by atoms with E-state index in [0.717, 1.165) is 44.6 Å². The van der Waals surface area contributed by atoms with Crippen LogP contribution in [0.15, 0.2) is 11.1 Å². The van der Waals surface area contributed by atoms with Crippen LogP contribution in [0.25, 0.3) is 0 Å². The molecular formula is C15H25N3O2S. The van der Waals surface area contributed by atoms with Gasteiger partial charge < -0.3 is 5.32 Å². The van der Waals surface area contributed by atoms with Crippen LogP contribution in [0.5, 0.6) is 0 Å². The van der Waals surface area contributed by atoms with E-state index in [9.17, 15) is 8.42 Å². The van der Waals surface area contributed by atoms with E-state index in [1.54, 1.807) is 0 Å². The van der Waals surface area contributed by atoms with Gasteiger partial charge in [0.2, 0.25) is 0 Å². The van der Waals surface area contributed by atoms with E-state index in [1.165, 1.54) is 12.5 Å². The molecule has 1 N–H and O–H groups in total. The minimum Gasteiger partial charge on any atom is -0.316 e. The lowest BCUT2D eigenvalue weighted by Crippen LogP contribution is -2.30. The Labute approximate surface area is 127 Å². The Bertz CT molecular complexity index is 579. The van der Waals surface area contributed by atoms with Gasteiger partial charge in [0, 0.05) is 31.3 Å². The van der Waals surface area contributed by atoms with Crippen molar-refractivity contribution in [3.05, 3.63) is 17.7 Å². The van der Waals surface area contributed by atoms with E-state index >= 15 is 0 Å². The van der Waals surface area contributed by atoms with Gasteiger partial charge in [-0.15, -0.1) is 0 Å². The van der Waals surface area contributed by atoms with Crippen LogP contribution in [0.4, 0.5) is 0 Å². The quantitative estimate of drug-likeness (QED) is 0.899. The zero-order valence-corrected chi connectivity index (χ0v) is 13.9. The van der Waals surface area contributed by atoms with Crippen molar-refractivity contribution >= 4 is 9.84 Å². The number of nitrogens with zero attached hydrogens (tertiary/aromatic N) is 2. The van der Waals surface area contributed by atoms with Crippen LogP contribution in [0.2, 0.25) is 0 Å². The van der Waals surface area contributed by atoms with Crippen LogP contribution in [0.3, 0.4) is 0 Å². The highest BCUT2D eigenvalue weighted by Gasteiger charge is 2.25. The summed E-state index contributed by atoms with van der Waals surface area (Å²) < 4.78 is 23.9. The summed E-state index contributed by atoms with van der Waals surface area (Å²) in [5.41, 5.74) is 0.707. The Kier molecular flexibility index (Phi) is 5.32. The third kappa shape index (κ3) is 4.48. The summed E-state index contributed by atoms with van der Waals surface area (Å²) in [4.78, 5) is 9.16. The van der Waals surface area contributed by atoms with Crippen molar-refractivity contribution < 1.29 is 8.42 Å². The number of aromatic nitrogens is 2. The molecule has 1 atom stereocenters. The second-order valence-electron chi connectivity index (χ2n) is 6.28. The fourth-order valence-electron chi connectivity index (χ4n) is 2.62. The fraction of sp³-hybridized carbons (Fsp3) is 0.733. The SMILES string of the molecule is CC(C)CCc1ncc(S(C)(=O)=O)c(C2CCCNC2)n1. The number of sulfone groups is 1. The molecule has 1 aromatic heterocycles. The standard InChI is InChI=1S/C15H25N3O2S/c1-11(2)6-7-14-17-10-13(21(3,19)20)15(18-14)12-5-4-8-16-9-12/h10-12,16H,4-9H2,1-3H3. The Morgan fingerprint density at radius 1 is 1.43 bits per heavy atom. The second kappa shape index (κ2) is 6.83. The Hall–Kier alpha value is -1.01. The summed E-state index contributed by atoms with van der Waals surface area (Å²) in [6.07, 6.45) is 6.59. The lowest BCUT2D eigenvalue weighted by molar-refractivity contribution is 0.445. The molecule has 1 fully saturated rings.